The average Bonchev–Trinajstić information content (AvgIpc) is 3.14. The van der Waals surface area contributed by atoms with Crippen molar-refractivity contribution < 1.29 is 4.79 Å². The van der Waals surface area contributed by atoms with Crippen LogP contribution in [0.5, 0.6) is 0 Å². The van der Waals surface area contributed by atoms with Crippen LogP contribution in [0, 0.1) is 0 Å². The van der Waals surface area contributed by atoms with Crippen molar-refractivity contribution in [3.63, 3.8) is 0 Å². The van der Waals surface area contributed by atoms with Crippen LogP contribution >= 0.6 is 11.3 Å². The van der Waals surface area contributed by atoms with E-state index in [-0.39, 0.29) is 5.91 Å². The predicted octanol–water partition coefficient (Wildman–Crippen LogP) is 3.35. The Bertz CT molecular complexity index is 704. The fraction of sp³-hybridized carbons (Fsp3) is 0.222. The zero-order valence-electron chi connectivity index (χ0n) is 12.9. The Morgan fingerprint density at radius 3 is 2.96 bits per heavy atom. The number of amides is 1. The van der Waals surface area contributed by atoms with Gasteiger partial charge in [-0.2, -0.15) is 0 Å². The van der Waals surface area contributed by atoms with Gasteiger partial charge in [-0.25, -0.2) is 4.98 Å². The minimum absolute atomic E-state index is 0.123. The Kier molecular flexibility index (Phi) is 4.88. The molecule has 0 unspecified atom stereocenters. The number of nitrogens with one attached hydrogen (secondary N) is 1. The fourth-order valence-corrected chi connectivity index (χ4v) is 3.33. The third-order valence-electron chi connectivity index (χ3n) is 3.79. The molecule has 3 heterocycles. The molecule has 0 spiro atoms. The van der Waals surface area contributed by atoms with Gasteiger partial charge in [-0.05, 0) is 35.6 Å². The number of carbonyl (C=O) groups excluding carboxylic acids is 1. The van der Waals surface area contributed by atoms with Crippen molar-refractivity contribution in [3.05, 3.63) is 65.0 Å². The SMILES string of the molecule is C=CCNC(=O)c1ccc(N2CC=C(c3cccs3)CC2)nc1. The lowest BCUT2D eigenvalue weighted by Gasteiger charge is -2.27. The minimum atomic E-state index is -0.123. The second-order valence-corrected chi connectivity index (χ2v) is 6.25. The van der Waals surface area contributed by atoms with Crippen LogP contribution in [-0.4, -0.2) is 30.5 Å². The summed E-state index contributed by atoms with van der Waals surface area (Å²) < 4.78 is 0. The van der Waals surface area contributed by atoms with Crippen molar-refractivity contribution in [3.8, 4) is 0 Å². The van der Waals surface area contributed by atoms with Crippen molar-refractivity contribution >= 4 is 28.6 Å². The molecule has 0 atom stereocenters. The van der Waals surface area contributed by atoms with E-state index >= 15 is 0 Å². The third-order valence-corrected chi connectivity index (χ3v) is 4.73. The summed E-state index contributed by atoms with van der Waals surface area (Å²) in [7, 11) is 0. The first-order valence-corrected chi connectivity index (χ1v) is 8.49. The molecule has 0 saturated heterocycles. The number of hydrogen-bond acceptors (Lipinski definition) is 4. The molecule has 0 aliphatic carbocycles. The summed E-state index contributed by atoms with van der Waals surface area (Å²) in [4.78, 5) is 19.9. The average molecular weight is 325 g/mol. The number of thiophene rings is 1. The van der Waals surface area contributed by atoms with Crippen LogP contribution in [0.1, 0.15) is 21.7 Å². The van der Waals surface area contributed by atoms with E-state index < -0.39 is 0 Å². The Morgan fingerprint density at radius 2 is 2.35 bits per heavy atom. The molecule has 0 saturated carbocycles. The van der Waals surface area contributed by atoms with Gasteiger partial charge >= 0.3 is 0 Å². The van der Waals surface area contributed by atoms with E-state index in [0.717, 1.165) is 25.3 Å². The van der Waals surface area contributed by atoms with Crippen LogP contribution in [0.4, 0.5) is 5.82 Å². The predicted molar refractivity (Wildman–Crippen MR) is 95.9 cm³/mol. The molecule has 1 aliphatic rings. The summed E-state index contributed by atoms with van der Waals surface area (Å²) in [5, 5.41) is 4.86. The monoisotopic (exact) mass is 325 g/mol. The van der Waals surface area contributed by atoms with Gasteiger partial charge in [-0.15, -0.1) is 17.9 Å². The smallest absolute Gasteiger partial charge is 0.253 e. The zero-order valence-corrected chi connectivity index (χ0v) is 13.7. The topological polar surface area (TPSA) is 45.2 Å². The van der Waals surface area contributed by atoms with Crippen LogP contribution in [-0.2, 0) is 0 Å². The Balaban J connectivity index is 1.64. The summed E-state index contributed by atoms with van der Waals surface area (Å²) in [5.74, 6) is 0.786. The van der Waals surface area contributed by atoms with E-state index in [9.17, 15) is 4.79 Å². The maximum absolute atomic E-state index is 11.8. The third kappa shape index (κ3) is 3.68. The quantitative estimate of drug-likeness (QED) is 0.858. The molecule has 2 aromatic heterocycles. The van der Waals surface area contributed by atoms with Gasteiger partial charge in [-0.3, -0.25) is 4.79 Å². The van der Waals surface area contributed by atoms with Crippen LogP contribution < -0.4 is 10.2 Å². The Labute approximate surface area is 140 Å². The maximum atomic E-state index is 11.8. The molecule has 0 bridgehead atoms. The highest BCUT2D eigenvalue weighted by molar-refractivity contribution is 7.11. The van der Waals surface area contributed by atoms with E-state index in [1.54, 1.807) is 23.6 Å². The summed E-state index contributed by atoms with van der Waals surface area (Å²) in [6, 6.07) is 7.98. The van der Waals surface area contributed by atoms with Gasteiger partial charge in [0, 0.05) is 30.7 Å². The van der Waals surface area contributed by atoms with E-state index in [0.29, 0.717) is 12.1 Å². The molecule has 0 radical (unpaired) electrons. The van der Waals surface area contributed by atoms with Gasteiger partial charge in [-0.1, -0.05) is 18.2 Å². The molecule has 5 heteroatoms. The molecule has 1 amide bonds. The number of rotatable bonds is 5. The van der Waals surface area contributed by atoms with Gasteiger partial charge < -0.3 is 10.2 Å². The number of aromatic nitrogens is 1. The first kappa shape index (κ1) is 15.5. The normalized spacial score (nSPS) is 14.3. The van der Waals surface area contributed by atoms with Crippen molar-refractivity contribution in [1.29, 1.82) is 0 Å². The first-order chi connectivity index (χ1) is 11.3. The van der Waals surface area contributed by atoms with E-state index in [1.165, 1.54) is 10.5 Å². The van der Waals surface area contributed by atoms with E-state index in [1.807, 2.05) is 12.1 Å². The molecule has 118 valence electrons. The Morgan fingerprint density at radius 1 is 1.43 bits per heavy atom. The van der Waals surface area contributed by atoms with Gasteiger partial charge in [0.15, 0.2) is 0 Å². The van der Waals surface area contributed by atoms with Crippen LogP contribution in [0.15, 0.2) is 54.6 Å². The molecular weight excluding hydrogens is 306 g/mol. The van der Waals surface area contributed by atoms with Crippen molar-refractivity contribution in [2.75, 3.05) is 24.5 Å². The summed E-state index contributed by atoms with van der Waals surface area (Å²) in [6.45, 7) is 5.84. The second-order valence-electron chi connectivity index (χ2n) is 5.31. The number of hydrogen-bond donors (Lipinski definition) is 1. The maximum Gasteiger partial charge on any atom is 0.253 e. The van der Waals surface area contributed by atoms with Crippen molar-refractivity contribution in [1.82, 2.24) is 10.3 Å². The molecule has 0 aromatic carbocycles. The second kappa shape index (κ2) is 7.24. The molecule has 23 heavy (non-hydrogen) atoms. The highest BCUT2D eigenvalue weighted by Gasteiger charge is 2.15. The van der Waals surface area contributed by atoms with E-state index in [2.05, 4.69) is 45.4 Å². The van der Waals surface area contributed by atoms with Crippen LogP contribution in [0.3, 0.4) is 0 Å². The molecule has 4 nitrogen and oxygen atoms in total. The summed E-state index contributed by atoms with van der Waals surface area (Å²) in [6.07, 6.45) is 6.57. The molecule has 2 aromatic rings. The molecule has 1 aliphatic heterocycles. The lowest BCUT2D eigenvalue weighted by molar-refractivity contribution is 0.0957. The number of pyridine rings is 1. The summed E-state index contributed by atoms with van der Waals surface area (Å²) in [5.41, 5.74) is 1.99. The fourth-order valence-electron chi connectivity index (χ4n) is 2.54. The van der Waals surface area contributed by atoms with Crippen LogP contribution in [0.2, 0.25) is 0 Å². The van der Waals surface area contributed by atoms with Crippen molar-refractivity contribution in [2.24, 2.45) is 0 Å². The Hall–Kier alpha value is -2.40. The number of anilines is 1. The number of nitrogens with zero attached hydrogens (tertiary/aromatic N) is 2. The van der Waals surface area contributed by atoms with Gasteiger partial charge in [0.1, 0.15) is 5.82 Å². The molecule has 0 fully saturated rings. The standard InChI is InChI=1S/C18H19N3OS/c1-2-9-19-18(22)15-5-6-17(20-13-15)21-10-7-14(8-11-21)16-4-3-12-23-16/h2-7,12-13H,1,8-11H2,(H,19,22). The summed E-state index contributed by atoms with van der Waals surface area (Å²) >= 11 is 1.78. The van der Waals surface area contributed by atoms with E-state index in [4.69, 9.17) is 0 Å². The highest BCUT2D eigenvalue weighted by atomic mass is 32.1. The zero-order chi connectivity index (χ0) is 16.1. The molecule has 3 rings (SSSR count). The molecular formula is C18H19N3OS. The van der Waals surface area contributed by atoms with Crippen molar-refractivity contribution in [2.45, 2.75) is 6.42 Å². The van der Waals surface area contributed by atoms with Gasteiger partial charge in [0.2, 0.25) is 0 Å². The highest BCUT2D eigenvalue weighted by Crippen LogP contribution is 2.27. The molecule has 1 N–H and O–H groups in total. The largest absolute Gasteiger partial charge is 0.353 e. The lowest BCUT2D eigenvalue weighted by atomic mass is 10.1. The van der Waals surface area contributed by atoms with Crippen LogP contribution in [0.25, 0.3) is 5.57 Å². The lowest BCUT2D eigenvalue weighted by Crippen LogP contribution is -2.29. The van der Waals surface area contributed by atoms with Gasteiger partial charge in [0.25, 0.3) is 5.91 Å². The first-order valence-electron chi connectivity index (χ1n) is 7.61. The number of carbonyl (C=O) groups is 1. The van der Waals surface area contributed by atoms with Gasteiger partial charge in [0.05, 0.1) is 5.56 Å². The minimum Gasteiger partial charge on any atom is -0.353 e.